The molecule has 1 aromatic carbocycles. The number of aromatic amines is 1. The van der Waals surface area contributed by atoms with Gasteiger partial charge in [0.15, 0.2) is 0 Å². The summed E-state index contributed by atoms with van der Waals surface area (Å²) in [6.45, 7) is 0.563. The van der Waals surface area contributed by atoms with Gasteiger partial charge in [-0.3, -0.25) is 14.6 Å². The Kier molecular flexibility index (Phi) is 5.53. The van der Waals surface area contributed by atoms with Crippen LogP contribution in [0, 0.1) is 0 Å². The minimum absolute atomic E-state index is 0.124. The third kappa shape index (κ3) is 3.97. The molecule has 1 N–H and O–H groups in total. The normalized spacial score (nSPS) is 17.0. The second-order valence-corrected chi connectivity index (χ2v) is 7.15. The van der Waals surface area contributed by atoms with Crippen molar-refractivity contribution < 1.29 is 4.79 Å². The number of likely N-dealkylation sites (tertiary alicyclic amines) is 1. The summed E-state index contributed by atoms with van der Waals surface area (Å²) in [5.41, 5.74) is 0.815. The number of carbonyl (C=O) groups excluding carboxylic acids is 1. The summed E-state index contributed by atoms with van der Waals surface area (Å²) in [5.74, 6) is -0.411. The zero-order valence-electron chi connectivity index (χ0n) is 15.5. The Morgan fingerprint density at radius 1 is 1.24 bits per heavy atom. The molecule has 29 heavy (non-hydrogen) atoms. The first-order chi connectivity index (χ1) is 14.1. The van der Waals surface area contributed by atoms with Crippen molar-refractivity contribution in [3.63, 3.8) is 0 Å². The number of pyridine rings is 1. The lowest BCUT2D eigenvalue weighted by Gasteiger charge is -2.35. The Morgan fingerprint density at radius 3 is 2.90 bits per heavy atom. The van der Waals surface area contributed by atoms with Crippen molar-refractivity contribution >= 4 is 23.7 Å². The predicted octanol–water partition coefficient (Wildman–Crippen LogP) is 2.87. The first-order valence-electron chi connectivity index (χ1n) is 9.32. The lowest BCUT2D eigenvalue weighted by Crippen LogP contribution is -2.40. The van der Waals surface area contributed by atoms with Crippen LogP contribution in [0.2, 0.25) is 5.02 Å². The van der Waals surface area contributed by atoms with Gasteiger partial charge in [-0.1, -0.05) is 35.9 Å². The first-order valence-corrected chi connectivity index (χ1v) is 9.70. The number of aromatic nitrogens is 4. The van der Waals surface area contributed by atoms with Gasteiger partial charge in [0.2, 0.25) is 5.69 Å². The van der Waals surface area contributed by atoms with Crippen molar-refractivity contribution in [1.29, 1.82) is 0 Å². The number of benzene rings is 1. The summed E-state index contributed by atoms with van der Waals surface area (Å²) in [7, 11) is 0. The van der Waals surface area contributed by atoms with Gasteiger partial charge in [-0.05, 0) is 37.0 Å². The van der Waals surface area contributed by atoms with Gasteiger partial charge in [-0.15, -0.1) is 9.89 Å². The number of hydrogen-bond acceptors (Lipinski definition) is 5. The molecule has 1 atom stereocenters. The molecule has 8 nitrogen and oxygen atoms in total. The fourth-order valence-corrected chi connectivity index (χ4v) is 3.62. The van der Waals surface area contributed by atoms with E-state index >= 15 is 0 Å². The van der Waals surface area contributed by atoms with Crippen LogP contribution in [0.25, 0.3) is 0 Å². The predicted molar refractivity (Wildman–Crippen MR) is 109 cm³/mol. The van der Waals surface area contributed by atoms with E-state index in [0.717, 1.165) is 29.6 Å². The fourth-order valence-electron chi connectivity index (χ4n) is 3.44. The minimum Gasteiger partial charge on any atom is -0.330 e. The Labute approximate surface area is 171 Å². The molecule has 4 rings (SSSR count). The Bertz CT molecular complexity index is 1090. The van der Waals surface area contributed by atoms with Crippen molar-refractivity contribution in [1.82, 2.24) is 25.0 Å². The van der Waals surface area contributed by atoms with Gasteiger partial charge in [0.1, 0.15) is 0 Å². The molecule has 0 spiro atoms. The van der Waals surface area contributed by atoms with E-state index < -0.39 is 11.5 Å². The average Bonchev–Trinajstić information content (AvgIpc) is 3.13. The highest BCUT2D eigenvalue weighted by Crippen LogP contribution is 2.31. The molecule has 0 aliphatic carbocycles. The third-order valence-electron chi connectivity index (χ3n) is 4.90. The molecule has 0 radical (unpaired) electrons. The number of nitrogens with zero attached hydrogens (tertiary/aromatic N) is 5. The van der Waals surface area contributed by atoms with Crippen LogP contribution in [0.4, 0.5) is 0 Å². The van der Waals surface area contributed by atoms with Crippen molar-refractivity contribution in [2.24, 2.45) is 5.10 Å². The van der Waals surface area contributed by atoms with E-state index in [1.54, 1.807) is 35.5 Å². The van der Waals surface area contributed by atoms with Crippen molar-refractivity contribution in [3.8, 4) is 0 Å². The molecule has 148 valence electrons. The summed E-state index contributed by atoms with van der Waals surface area (Å²) >= 11 is 6.09. The van der Waals surface area contributed by atoms with E-state index in [1.165, 1.54) is 6.21 Å². The maximum Gasteiger partial charge on any atom is 0.320 e. The molecular formula is C20H19ClN6O2. The van der Waals surface area contributed by atoms with Crippen LogP contribution in [0.3, 0.4) is 0 Å². The molecule has 3 heterocycles. The summed E-state index contributed by atoms with van der Waals surface area (Å²) in [4.78, 5) is 32.5. The Hall–Kier alpha value is -3.26. The van der Waals surface area contributed by atoms with Gasteiger partial charge in [0, 0.05) is 29.5 Å². The smallest absolute Gasteiger partial charge is 0.320 e. The van der Waals surface area contributed by atoms with E-state index in [0.29, 0.717) is 17.1 Å². The largest absolute Gasteiger partial charge is 0.330 e. The summed E-state index contributed by atoms with van der Waals surface area (Å²) in [5, 5.41) is 11.0. The molecule has 0 saturated carbocycles. The lowest BCUT2D eigenvalue weighted by atomic mass is 9.96. The van der Waals surface area contributed by atoms with E-state index in [9.17, 15) is 9.59 Å². The van der Waals surface area contributed by atoms with Crippen molar-refractivity contribution in [2.45, 2.75) is 25.3 Å². The van der Waals surface area contributed by atoms with Crippen LogP contribution in [0.1, 0.15) is 46.9 Å². The van der Waals surface area contributed by atoms with Gasteiger partial charge in [0.05, 0.1) is 12.3 Å². The minimum atomic E-state index is -0.603. The van der Waals surface area contributed by atoms with Gasteiger partial charge < -0.3 is 4.90 Å². The number of rotatable bonds is 4. The van der Waals surface area contributed by atoms with Crippen molar-refractivity contribution in [3.05, 3.63) is 81.0 Å². The number of carbonyl (C=O) groups is 1. The maximum atomic E-state index is 13.1. The van der Waals surface area contributed by atoms with E-state index in [-0.39, 0.29) is 11.7 Å². The highest BCUT2D eigenvalue weighted by molar-refractivity contribution is 6.33. The highest BCUT2D eigenvalue weighted by Gasteiger charge is 2.32. The van der Waals surface area contributed by atoms with Crippen LogP contribution in [0.5, 0.6) is 0 Å². The number of piperidine rings is 1. The van der Waals surface area contributed by atoms with E-state index in [1.807, 2.05) is 18.2 Å². The quantitative estimate of drug-likeness (QED) is 0.669. The average molecular weight is 411 g/mol. The molecule has 1 unspecified atom stereocenters. The number of nitrogens with one attached hydrogen (secondary N) is 1. The van der Waals surface area contributed by atoms with Gasteiger partial charge in [-0.25, -0.2) is 0 Å². The number of H-pyrrole nitrogens is 1. The molecule has 0 bridgehead atoms. The lowest BCUT2D eigenvalue weighted by molar-refractivity contribution is 0.0603. The van der Waals surface area contributed by atoms with Crippen molar-refractivity contribution in [2.75, 3.05) is 6.54 Å². The van der Waals surface area contributed by atoms with Crippen LogP contribution in [-0.4, -0.2) is 43.7 Å². The third-order valence-corrected chi connectivity index (χ3v) is 5.25. The maximum absolute atomic E-state index is 13.1. The second-order valence-electron chi connectivity index (χ2n) is 6.74. The summed E-state index contributed by atoms with van der Waals surface area (Å²) in [6, 6.07) is 10.8. The second kappa shape index (κ2) is 8.40. The summed E-state index contributed by atoms with van der Waals surface area (Å²) < 4.78 is 0. The van der Waals surface area contributed by atoms with Gasteiger partial charge in [0.25, 0.3) is 5.91 Å². The SMILES string of the molecule is O=C(c1n[nH]n(N=Cc2ccccc2Cl)c1=O)N1CCCCC1c1cccnc1. The fraction of sp³-hybridized carbons (Fsp3) is 0.250. The van der Waals surface area contributed by atoms with E-state index in [2.05, 4.69) is 20.4 Å². The molecule has 9 heteroatoms. The van der Waals surface area contributed by atoms with Crippen LogP contribution in [0.15, 0.2) is 58.7 Å². The number of hydrogen-bond donors (Lipinski definition) is 1. The summed E-state index contributed by atoms with van der Waals surface area (Å²) in [6.07, 6.45) is 7.60. The van der Waals surface area contributed by atoms with Gasteiger partial charge >= 0.3 is 5.56 Å². The van der Waals surface area contributed by atoms with Crippen LogP contribution < -0.4 is 5.56 Å². The topological polar surface area (TPSA) is 96.2 Å². The zero-order valence-corrected chi connectivity index (χ0v) is 16.3. The molecule has 2 aromatic heterocycles. The molecule has 1 amide bonds. The molecular weight excluding hydrogens is 392 g/mol. The molecule has 1 aliphatic rings. The molecule has 1 aliphatic heterocycles. The van der Waals surface area contributed by atoms with E-state index in [4.69, 9.17) is 11.6 Å². The highest BCUT2D eigenvalue weighted by atomic mass is 35.5. The van der Waals surface area contributed by atoms with Crippen LogP contribution in [-0.2, 0) is 0 Å². The monoisotopic (exact) mass is 410 g/mol. The first kappa shape index (κ1) is 19.1. The Morgan fingerprint density at radius 2 is 2.10 bits per heavy atom. The number of amides is 1. The standard InChI is InChI=1S/C20H19ClN6O2/c21-16-8-2-1-6-14(16)13-23-27-20(29)18(24-25-27)19(28)26-11-4-3-9-17(26)15-7-5-10-22-12-15/h1-2,5-8,10,12-13,17,25H,3-4,9,11H2. The van der Waals surface area contributed by atoms with Crippen LogP contribution >= 0.6 is 11.6 Å². The molecule has 1 fully saturated rings. The number of halogens is 1. The molecule has 1 saturated heterocycles. The molecule has 3 aromatic rings. The Balaban J connectivity index is 1.59. The van der Waals surface area contributed by atoms with Gasteiger partial charge in [-0.2, -0.15) is 10.3 Å². The zero-order chi connectivity index (χ0) is 20.2.